The number of aromatic nitrogens is 2. The molecule has 0 spiro atoms. The molecular formula is C25H31N5O3. The molecule has 0 unspecified atom stereocenters. The molecular weight excluding hydrogens is 418 g/mol. The third-order valence-electron chi connectivity index (χ3n) is 6.72. The molecule has 2 aliphatic heterocycles. The molecule has 0 aliphatic carbocycles. The van der Waals surface area contributed by atoms with Crippen LogP contribution in [0.1, 0.15) is 12.0 Å². The number of piperidine rings is 1. The molecule has 174 valence electrons. The summed E-state index contributed by atoms with van der Waals surface area (Å²) in [6.07, 6.45) is 2.54. The number of benzene rings is 2. The van der Waals surface area contributed by atoms with Gasteiger partial charge in [0.25, 0.3) is 6.47 Å². The molecule has 5 rings (SSSR count). The lowest BCUT2D eigenvalue weighted by Crippen LogP contribution is -2.64. The van der Waals surface area contributed by atoms with E-state index in [-0.39, 0.29) is 12.5 Å². The van der Waals surface area contributed by atoms with Crippen LogP contribution in [0, 0.1) is 0 Å². The van der Waals surface area contributed by atoms with Crippen molar-refractivity contribution in [2.45, 2.75) is 18.1 Å². The lowest BCUT2D eigenvalue weighted by atomic mass is 9.79. The number of piperazine rings is 1. The molecule has 8 heteroatoms. The SMILES string of the molecule is CN1CCN([C@@H]2CN(c3cnc4ccccc4n3)CC[C@]2(O)c2ccccc2)CC1.O=CO. The van der Waals surface area contributed by atoms with E-state index < -0.39 is 5.60 Å². The highest BCUT2D eigenvalue weighted by Crippen LogP contribution is 2.37. The summed E-state index contributed by atoms with van der Waals surface area (Å²) in [5, 5.41) is 18.8. The summed E-state index contributed by atoms with van der Waals surface area (Å²) < 4.78 is 0. The van der Waals surface area contributed by atoms with Gasteiger partial charge in [-0.05, 0) is 31.2 Å². The van der Waals surface area contributed by atoms with Gasteiger partial charge in [-0.15, -0.1) is 0 Å². The minimum Gasteiger partial charge on any atom is -0.483 e. The van der Waals surface area contributed by atoms with E-state index in [0.29, 0.717) is 6.42 Å². The maximum Gasteiger partial charge on any atom is 0.290 e. The van der Waals surface area contributed by atoms with Crippen LogP contribution in [0.4, 0.5) is 5.82 Å². The molecule has 33 heavy (non-hydrogen) atoms. The van der Waals surface area contributed by atoms with Crippen LogP contribution in [0.3, 0.4) is 0 Å². The average Bonchev–Trinajstić information content (AvgIpc) is 2.86. The number of anilines is 1. The molecule has 1 aromatic heterocycles. The first kappa shape index (κ1) is 23.1. The maximum absolute atomic E-state index is 11.9. The number of fused-ring (bicyclic) bond motifs is 1. The zero-order valence-corrected chi connectivity index (χ0v) is 18.9. The second-order valence-corrected chi connectivity index (χ2v) is 8.66. The van der Waals surface area contributed by atoms with E-state index in [1.165, 1.54) is 0 Å². The topological polar surface area (TPSA) is 93.0 Å². The maximum atomic E-state index is 11.9. The largest absolute Gasteiger partial charge is 0.483 e. The Balaban J connectivity index is 0.000000821. The fourth-order valence-electron chi connectivity index (χ4n) is 4.85. The van der Waals surface area contributed by atoms with Gasteiger partial charge in [0.2, 0.25) is 0 Å². The predicted molar refractivity (Wildman–Crippen MR) is 128 cm³/mol. The van der Waals surface area contributed by atoms with Gasteiger partial charge in [0.1, 0.15) is 11.4 Å². The van der Waals surface area contributed by atoms with Crippen molar-refractivity contribution >= 4 is 23.3 Å². The standard InChI is InChI=1S/C24H29N5O.CH2O2/c1-27-13-15-28(16-14-27)22-18-29(12-11-24(22,30)19-7-3-2-4-8-19)23-17-25-20-9-5-6-10-21(20)26-23;2-1-3/h2-10,17,22,30H,11-16,18H2,1H3;1H,(H,2,3)/t22-,24+;/m1./s1. The van der Waals surface area contributed by atoms with Crippen molar-refractivity contribution in [2.75, 3.05) is 51.2 Å². The van der Waals surface area contributed by atoms with Gasteiger partial charge < -0.3 is 20.0 Å². The van der Waals surface area contributed by atoms with Gasteiger partial charge in [0, 0.05) is 39.3 Å². The number of rotatable bonds is 3. The number of aliphatic hydroxyl groups is 1. The minimum absolute atomic E-state index is 0.00983. The lowest BCUT2D eigenvalue weighted by molar-refractivity contribution is -0.122. The van der Waals surface area contributed by atoms with Crippen LogP contribution in [0.15, 0.2) is 60.8 Å². The van der Waals surface area contributed by atoms with Crippen molar-refractivity contribution in [1.29, 1.82) is 0 Å². The number of nitrogens with zero attached hydrogens (tertiary/aromatic N) is 5. The second kappa shape index (κ2) is 10.2. The van der Waals surface area contributed by atoms with E-state index in [9.17, 15) is 5.11 Å². The van der Waals surface area contributed by atoms with Gasteiger partial charge in [0.15, 0.2) is 0 Å². The Morgan fingerprint density at radius 2 is 1.61 bits per heavy atom. The number of carboxylic acid groups (broad SMARTS) is 1. The summed E-state index contributed by atoms with van der Waals surface area (Å²) in [6, 6.07) is 18.2. The van der Waals surface area contributed by atoms with E-state index in [4.69, 9.17) is 14.9 Å². The van der Waals surface area contributed by atoms with Crippen molar-refractivity contribution in [2.24, 2.45) is 0 Å². The zero-order chi connectivity index (χ0) is 23.3. The van der Waals surface area contributed by atoms with Crippen molar-refractivity contribution in [1.82, 2.24) is 19.8 Å². The molecule has 2 saturated heterocycles. The molecule has 3 heterocycles. The average molecular weight is 450 g/mol. The fourth-order valence-corrected chi connectivity index (χ4v) is 4.85. The Kier molecular flexibility index (Phi) is 7.17. The molecule has 8 nitrogen and oxygen atoms in total. The quantitative estimate of drug-likeness (QED) is 0.587. The Morgan fingerprint density at radius 1 is 0.970 bits per heavy atom. The Hall–Kier alpha value is -3.07. The van der Waals surface area contributed by atoms with Crippen LogP contribution in [0.2, 0.25) is 0 Å². The third-order valence-corrected chi connectivity index (χ3v) is 6.72. The summed E-state index contributed by atoms with van der Waals surface area (Å²) >= 11 is 0. The van der Waals surface area contributed by atoms with E-state index in [2.05, 4.69) is 38.9 Å². The summed E-state index contributed by atoms with van der Waals surface area (Å²) in [4.78, 5) is 25.0. The van der Waals surface area contributed by atoms with Crippen molar-refractivity contribution in [3.8, 4) is 0 Å². The van der Waals surface area contributed by atoms with Crippen molar-refractivity contribution in [3.63, 3.8) is 0 Å². The first-order valence-corrected chi connectivity index (χ1v) is 11.3. The first-order chi connectivity index (χ1) is 16.0. The Bertz CT molecular complexity index is 1060. The van der Waals surface area contributed by atoms with Crippen molar-refractivity contribution in [3.05, 3.63) is 66.4 Å². The van der Waals surface area contributed by atoms with Crippen LogP contribution in [0.25, 0.3) is 11.0 Å². The number of hydrogen-bond acceptors (Lipinski definition) is 7. The Morgan fingerprint density at radius 3 is 2.30 bits per heavy atom. The van der Waals surface area contributed by atoms with Crippen LogP contribution < -0.4 is 4.90 Å². The molecule has 2 atom stereocenters. The van der Waals surface area contributed by atoms with E-state index in [1.807, 2.05) is 48.7 Å². The molecule has 2 aromatic carbocycles. The summed E-state index contributed by atoms with van der Waals surface area (Å²) in [7, 11) is 2.17. The second-order valence-electron chi connectivity index (χ2n) is 8.66. The van der Waals surface area contributed by atoms with Gasteiger partial charge in [-0.3, -0.25) is 14.7 Å². The van der Waals surface area contributed by atoms with Gasteiger partial charge >= 0.3 is 0 Å². The zero-order valence-electron chi connectivity index (χ0n) is 18.9. The summed E-state index contributed by atoms with van der Waals surface area (Å²) in [6.45, 7) is 5.22. The highest BCUT2D eigenvalue weighted by atomic mass is 16.3. The predicted octanol–water partition coefficient (Wildman–Crippen LogP) is 2.04. The molecule has 0 radical (unpaired) electrons. The van der Waals surface area contributed by atoms with Gasteiger partial charge in [-0.25, -0.2) is 4.98 Å². The highest BCUT2D eigenvalue weighted by Gasteiger charge is 2.46. The smallest absolute Gasteiger partial charge is 0.290 e. The summed E-state index contributed by atoms with van der Waals surface area (Å²) in [5.74, 6) is 0.892. The highest BCUT2D eigenvalue weighted by molar-refractivity contribution is 5.75. The van der Waals surface area contributed by atoms with Crippen LogP contribution in [0.5, 0.6) is 0 Å². The summed E-state index contributed by atoms with van der Waals surface area (Å²) in [5.41, 5.74) is 1.97. The number of para-hydroxylation sites is 2. The minimum atomic E-state index is -0.863. The number of hydrogen-bond donors (Lipinski definition) is 2. The number of carbonyl (C=O) groups is 1. The number of likely N-dealkylation sites (N-methyl/N-ethyl adjacent to an activating group) is 1. The lowest BCUT2D eigenvalue weighted by Gasteiger charge is -2.51. The van der Waals surface area contributed by atoms with Gasteiger partial charge in [-0.1, -0.05) is 42.5 Å². The third kappa shape index (κ3) is 4.98. The normalized spacial score (nSPS) is 24.2. The molecule has 2 fully saturated rings. The molecule has 2 aliphatic rings. The molecule has 0 amide bonds. The van der Waals surface area contributed by atoms with Crippen molar-refractivity contribution < 1.29 is 15.0 Å². The Labute approximate surface area is 194 Å². The fraction of sp³-hybridized carbons (Fsp3) is 0.400. The van der Waals surface area contributed by atoms with E-state index >= 15 is 0 Å². The first-order valence-electron chi connectivity index (χ1n) is 11.3. The van der Waals surface area contributed by atoms with Crippen LogP contribution >= 0.6 is 0 Å². The van der Waals surface area contributed by atoms with E-state index in [0.717, 1.165) is 61.7 Å². The molecule has 3 aromatic rings. The molecule has 0 saturated carbocycles. The van der Waals surface area contributed by atoms with Gasteiger partial charge in [0.05, 0.1) is 23.3 Å². The molecule has 2 N–H and O–H groups in total. The van der Waals surface area contributed by atoms with E-state index in [1.54, 1.807) is 0 Å². The molecule has 0 bridgehead atoms. The van der Waals surface area contributed by atoms with Crippen LogP contribution in [-0.4, -0.2) is 88.8 Å². The van der Waals surface area contributed by atoms with Crippen LogP contribution in [-0.2, 0) is 10.4 Å². The monoisotopic (exact) mass is 449 g/mol. The van der Waals surface area contributed by atoms with Gasteiger partial charge in [-0.2, -0.15) is 0 Å².